The fourth-order valence-electron chi connectivity index (χ4n) is 2.06. The number of hydrogen-bond acceptors (Lipinski definition) is 2. The van der Waals surface area contributed by atoms with Crippen molar-refractivity contribution in [2.75, 3.05) is 13.2 Å². The summed E-state index contributed by atoms with van der Waals surface area (Å²) in [5, 5.41) is 12.5. The Kier molecular flexibility index (Phi) is 5.57. The molecule has 0 bridgehead atoms. The highest BCUT2D eigenvalue weighted by Gasteiger charge is 2.16. The first-order valence-electron chi connectivity index (χ1n) is 7.16. The molecule has 0 aliphatic rings. The molecule has 0 atom stereocenters. The van der Waals surface area contributed by atoms with Crippen molar-refractivity contribution in [3.63, 3.8) is 0 Å². The monoisotopic (exact) mass is 263 g/mol. The summed E-state index contributed by atoms with van der Waals surface area (Å²) in [6.07, 6.45) is 0.836. The van der Waals surface area contributed by atoms with Gasteiger partial charge in [-0.15, -0.1) is 0 Å². The van der Waals surface area contributed by atoms with Gasteiger partial charge in [-0.25, -0.2) is 0 Å². The molecule has 1 aromatic carbocycles. The molecule has 19 heavy (non-hydrogen) atoms. The van der Waals surface area contributed by atoms with Gasteiger partial charge in [0.1, 0.15) is 0 Å². The molecule has 0 heterocycles. The highest BCUT2D eigenvalue weighted by molar-refractivity contribution is 5.27. The van der Waals surface area contributed by atoms with Crippen molar-refractivity contribution < 1.29 is 5.11 Å². The van der Waals surface area contributed by atoms with Crippen LogP contribution >= 0.6 is 0 Å². The van der Waals surface area contributed by atoms with Crippen molar-refractivity contribution in [3.8, 4) is 0 Å². The maximum Gasteiger partial charge on any atom is 0.0436 e. The molecule has 108 valence electrons. The molecule has 0 saturated carbocycles. The first-order valence-corrected chi connectivity index (χ1v) is 7.16. The zero-order valence-electron chi connectivity index (χ0n) is 13.1. The molecule has 0 unspecified atom stereocenters. The molecular formula is C17H29NO. The normalized spacial score (nSPS) is 12.7. The van der Waals surface area contributed by atoms with E-state index in [9.17, 15) is 0 Å². The van der Waals surface area contributed by atoms with Crippen LogP contribution in [0.25, 0.3) is 0 Å². The summed E-state index contributed by atoms with van der Waals surface area (Å²) in [7, 11) is 0. The Morgan fingerprint density at radius 3 is 2.05 bits per heavy atom. The van der Waals surface area contributed by atoms with Gasteiger partial charge < -0.3 is 10.4 Å². The van der Waals surface area contributed by atoms with Gasteiger partial charge in [0.2, 0.25) is 0 Å². The summed E-state index contributed by atoms with van der Waals surface area (Å²) in [6.45, 7) is 13.1. The Bertz CT molecular complexity index is 373. The lowest BCUT2D eigenvalue weighted by Gasteiger charge is -2.24. The second kappa shape index (κ2) is 6.53. The van der Waals surface area contributed by atoms with Crippen LogP contribution in [0.5, 0.6) is 0 Å². The fraction of sp³-hybridized carbons (Fsp3) is 0.647. The zero-order valence-corrected chi connectivity index (χ0v) is 13.1. The minimum atomic E-state index is 0.153. The number of benzene rings is 1. The Morgan fingerprint density at radius 1 is 1.00 bits per heavy atom. The second-order valence-electron chi connectivity index (χ2n) is 7.19. The van der Waals surface area contributed by atoms with Crippen LogP contribution in [0.4, 0.5) is 0 Å². The van der Waals surface area contributed by atoms with Gasteiger partial charge in [-0.1, -0.05) is 58.9 Å². The van der Waals surface area contributed by atoms with Crippen LogP contribution in [0.15, 0.2) is 24.3 Å². The van der Waals surface area contributed by atoms with Crippen LogP contribution in [0.2, 0.25) is 0 Å². The van der Waals surface area contributed by atoms with Crippen LogP contribution in [0.1, 0.15) is 52.2 Å². The van der Waals surface area contributed by atoms with Crippen molar-refractivity contribution in [2.24, 2.45) is 5.41 Å². The van der Waals surface area contributed by atoms with Gasteiger partial charge >= 0.3 is 0 Å². The summed E-state index contributed by atoms with van der Waals surface area (Å²) in [6, 6.07) is 8.84. The molecule has 0 aromatic heterocycles. The van der Waals surface area contributed by atoms with Crippen LogP contribution in [0.3, 0.4) is 0 Å². The van der Waals surface area contributed by atoms with Crippen LogP contribution in [-0.2, 0) is 12.0 Å². The zero-order chi connectivity index (χ0) is 14.5. The number of rotatable bonds is 6. The third-order valence-corrected chi connectivity index (χ3v) is 3.54. The highest BCUT2D eigenvalue weighted by atomic mass is 16.3. The molecule has 0 saturated heterocycles. The predicted molar refractivity (Wildman–Crippen MR) is 82.3 cm³/mol. The summed E-state index contributed by atoms with van der Waals surface area (Å²) in [5.74, 6) is 0. The van der Waals surface area contributed by atoms with E-state index in [-0.39, 0.29) is 17.4 Å². The highest BCUT2D eigenvalue weighted by Crippen LogP contribution is 2.22. The first-order chi connectivity index (χ1) is 8.74. The smallest absolute Gasteiger partial charge is 0.0436 e. The molecule has 1 aromatic rings. The Labute approximate surface area is 118 Å². The third kappa shape index (κ3) is 5.75. The summed E-state index contributed by atoms with van der Waals surface area (Å²) in [5.41, 5.74) is 3.06. The molecule has 1 rings (SSSR count). The summed E-state index contributed by atoms with van der Waals surface area (Å²) < 4.78 is 0. The van der Waals surface area contributed by atoms with Gasteiger partial charge in [0, 0.05) is 19.7 Å². The number of nitrogens with one attached hydrogen (secondary N) is 1. The molecule has 0 aliphatic carbocycles. The Morgan fingerprint density at radius 2 is 1.58 bits per heavy atom. The van der Waals surface area contributed by atoms with E-state index in [0.29, 0.717) is 0 Å². The van der Waals surface area contributed by atoms with E-state index in [4.69, 9.17) is 5.11 Å². The van der Waals surface area contributed by atoms with Gasteiger partial charge in [0.25, 0.3) is 0 Å². The number of aliphatic hydroxyl groups is 1. The minimum Gasteiger partial charge on any atom is -0.396 e. The lowest BCUT2D eigenvalue weighted by Crippen LogP contribution is -2.29. The standard InChI is InChI=1S/C17H29NO/c1-16(2,3)15-8-6-14(7-9-15)12-18-13-17(4,5)10-11-19/h6-9,18-19H,10-13H2,1-5H3. The fourth-order valence-corrected chi connectivity index (χ4v) is 2.06. The van der Waals surface area contributed by atoms with E-state index in [1.54, 1.807) is 0 Å². The molecular weight excluding hydrogens is 234 g/mol. The van der Waals surface area contributed by atoms with Crippen LogP contribution < -0.4 is 5.32 Å². The van der Waals surface area contributed by atoms with E-state index >= 15 is 0 Å². The van der Waals surface area contributed by atoms with Crippen LogP contribution in [0, 0.1) is 5.41 Å². The van der Waals surface area contributed by atoms with Crippen LogP contribution in [-0.4, -0.2) is 18.3 Å². The van der Waals surface area contributed by atoms with Crippen molar-refractivity contribution in [1.82, 2.24) is 5.32 Å². The minimum absolute atomic E-state index is 0.153. The second-order valence-corrected chi connectivity index (χ2v) is 7.19. The summed E-state index contributed by atoms with van der Waals surface area (Å²) >= 11 is 0. The third-order valence-electron chi connectivity index (χ3n) is 3.54. The van der Waals surface area contributed by atoms with E-state index in [2.05, 4.69) is 64.2 Å². The van der Waals surface area contributed by atoms with Gasteiger partial charge in [0.15, 0.2) is 0 Å². The predicted octanol–water partition coefficient (Wildman–Crippen LogP) is 3.48. The molecule has 0 aliphatic heterocycles. The lowest BCUT2D eigenvalue weighted by molar-refractivity contribution is 0.207. The topological polar surface area (TPSA) is 32.3 Å². The van der Waals surface area contributed by atoms with Crippen molar-refractivity contribution >= 4 is 0 Å². The van der Waals surface area contributed by atoms with Gasteiger partial charge in [-0.05, 0) is 28.4 Å². The molecule has 2 N–H and O–H groups in total. The lowest BCUT2D eigenvalue weighted by atomic mass is 9.86. The van der Waals surface area contributed by atoms with Crippen molar-refractivity contribution in [3.05, 3.63) is 35.4 Å². The van der Waals surface area contributed by atoms with Gasteiger partial charge in [-0.3, -0.25) is 0 Å². The molecule has 0 radical (unpaired) electrons. The molecule has 2 heteroatoms. The van der Waals surface area contributed by atoms with Crippen molar-refractivity contribution in [2.45, 2.75) is 53.0 Å². The molecule has 0 amide bonds. The average molecular weight is 263 g/mol. The maximum absolute atomic E-state index is 9.00. The van der Waals surface area contributed by atoms with E-state index < -0.39 is 0 Å². The largest absolute Gasteiger partial charge is 0.396 e. The van der Waals surface area contributed by atoms with Gasteiger partial charge in [-0.2, -0.15) is 0 Å². The molecule has 0 spiro atoms. The van der Waals surface area contributed by atoms with E-state index in [0.717, 1.165) is 19.5 Å². The molecule has 2 nitrogen and oxygen atoms in total. The van der Waals surface area contributed by atoms with E-state index in [1.807, 2.05) is 0 Å². The maximum atomic E-state index is 9.00. The van der Waals surface area contributed by atoms with Gasteiger partial charge in [0.05, 0.1) is 0 Å². The van der Waals surface area contributed by atoms with E-state index in [1.165, 1.54) is 11.1 Å². The molecule has 0 fully saturated rings. The SMILES string of the molecule is CC(C)(CCO)CNCc1ccc(C(C)(C)C)cc1. The average Bonchev–Trinajstić information content (AvgIpc) is 2.28. The summed E-state index contributed by atoms with van der Waals surface area (Å²) in [4.78, 5) is 0. The Balaban J connectivity index is 2.47. The van der Waals surface area contributed by atoms with Crippen molar-refractivity contribution in [1.29, 1.82) is 0 Å². The quantitative estimate of drug-likeness (QED) is 0.823. The first kappa shape index (κ1) is 16.2. The number of hydrogen-bond donors (Lipinski definition) is 2. The number of aliphatic hydroxyl groups excluding tert-OH is 1. The Hall–Kier alpha value is -0.860.